The Hall–Kier alpha value is -4.54. The molecule has 0 aliphatic rings. The Balaban J connectivity index is 1.65. The van der Waals surface area contributed by atoms with Crippen LogP contribution in [-0.2, 0) is 0 Å². The lowest BCUT2D eigenvalue weighted by molar-refractivity contribution is 0.0948. The maximum Gasteiger partial charge on any atom is 0.292 e. The fourth-order valence-corrected chi connectivity index (χ4v) is 2.67. The molecule has 0 aliphatic heterocycles. The van der Waals surface area contributed by atoms with E-state index in [4.69, 9.17) is 10.5 Å². The minimum Gasteiger partial charge on any atom is -0.497 e. The van der Waals surface area contributed by atoms with E-state index >= 15 is 0 Å². The third-order valence-electron chi connectivity index (χ3n) is 4.12. The largest absolute Gasteiger partial charge is 0.497 e. The van der Waals surface area contributed by atoms with Crippen LogP contribution in [0.15, 0.2) is 64.3 Å². The van der Waals surface area contributed by atoms with Gasteiger partial charge in [0, 0.05) is 5.56 Å². The maximum atomic E-state index is 13.0. The summed E-state index contributed by atoms with van der Waals surface area (Å²) in [5, 5.41) is 19.3. The number of methoxy groups -OCH3 is 1. The van der Waals surface area contributed by atoms with Gasteiger partial charge in [-0.15, -0.1) is 5.10 Å². The molecule has 4 aromatic rings. The van der Waals surface area contributed by atoms with E-state index in [9.17, 15) is 4.79 Å². The van der Waals surface area contributed by atoms with Gasteiger partial charge in [-0.1, -0.05) is 35.5 Å². The highest BCUT2D eigenvalue weighted by molar-refractivity contribution is 5.99. The van der Waals surface area contributed by atoms with Crippen molar-refractivity contribution in [2.45, 2.75) is 0 Å². The number of carbonyl (C=O) groups is 1. The van der Waals surface area contributed by atoms with Gasteiger partial charge in [0.25, 0.3) is 5.91 Å². The Morgan fingerprint density at radius 1 is 1.17 bits per heavy atom. The van der Waals surface area contributed by atoms with E-state index in [-0.39, 0.29) is 17.3 Å². The van der Waals surface area contributed by atoms with E-state index in [1.165, 1.54) is 6.21 Å². The third-order valence-corrected chi connectivity index (χ3v) is 4.12. The van der Waals surface area contributed by atoms with E-state index in [0.29, 0.717) is 11.3 Å². The molecule has 2 aromatic carbocycles. The molecule has 1 amide bonds. The summed E-state index contributed by atoms with van der Waals surface area (Å²) in [6.07, 6.45) is 1.50. The van der Waals surface area contributed by atoms with Gasteiger partial charge in [0.05, 0.1) is 13.3 Å². The summed E-state index contributed by atoms with van der Waals surface area (Å²) in [6, 6.07) is 16.3. The fraction of sp³-hybridized carbons (Fsp3) is 0.0526. The monoisotopic (exact) mass is 404 g/mol. The molecule has 11 heteroatoms. The average Bonchev–Trinajstić information content (AvgIpc) is 3.40. The highest BCUT2D eigenvalue weighted by Gasteiger charge is 2.25. The molecule has 0 aliphatic carbocycles. The van der Waals surface area contributed by atoms with Crippen LogP contribution in [0.2, 0.25) is 0 Å². The molecule has 0 unspecified atom stereocenters. The molecule has 0 saturated carbocycles. The SMILES string of the molecule is COc1ccc(/C=N/NC(=O)c2c(-c3ccccc3)nnn2-c2nonc2N)cc1. The number of nitrogens with one attached hydrogen (secondary N) is 1. The van der Waals surface area contributed by atoms with Crippen molar-refractivity contribution in [2.75, 3.05) is 12.8 Å². The Bertz CT molecular complexity index is 1180. The third kappa shape index (κ3) is 3.71. The van der Waals surface area contributed by atoms with Gasteiger partial charge in [0.1, 0.15) is 11.4 Å². The molecule has 11 nitrogen and oxygen atoms in total. The second-order valence-electron chi connectivity index (χ2n) is 6.01. The molecule has 0 bridgehead atoms. The molecule has 0 spiro atoms. The zero-order valence-corrected chi connectivity index (χ0v) is 15.8. The van der Waals surface area contributed by atoms with Crippen LogP contribution in [0, 0.1) is 0 Å². The van der Waals surface area contributed by atoms with Gasteiger partial charge in [-0.05, 0) is 40.1 Å². The summed E-state index contributed by atoms with van der Waals surface area (Å²) in [6.45, 7) is 0. The van der Waals surface area contributed by atoms with Crippen molar-refractivity contribution in [3.8, 4) is 22.8 Å². The quantitative estimate of drug-likeness (QED) is 0.364. The number of hydrogen-bond acceptors (Lipinski definition) is 9. The molecule has 2 aromatic heterocycles. The number of ether oxygens (including phenoxy) is 1. The molecule has 3 N–H and O–H groups in total. The molecule has 0 atom stereocenters. The number of rotatable bonds is 6. The lowest BCUT2D eigenvalue weighted by Gasteiger charge is -2.05. The zero-order chi connectivity index (χ0) is 20.9. The Morgan fingerprint density at radius 2 is 1.93 bits per heavy atom. The zero-order valence-electron chi connectivity index (χ0n) is 15.8. The summed E-state index contributed by atoms with van der Waals surface area (Å²) in [7, 11) is 1.59. The fourth-order valence-electron chi connectivity index (χ4n) is 2.67. The predicted octanol–water partition coefficient (Wildman–Crippen LogP) is 1.67. The molecular formula is C19H16N8O3. The van der Waals surface area contributed by atoms with Crippen LogP contribution in [0.1, 0.15) is 16.1 Å². The van der Waals surface area contributed by atoms with Gasteiger partial charge in [0.2, 0.25) is 11.6 Å². The van der Waals surface area contributed by atoms with Crippen molar-refractivity contribution < 1.29 is 14.2 Å². The van der Waals surface area contributed by atoms with Gasteiger partial charge < -0.3 is 10.5 Å². The minimum atomic E-state index is -0.564. The van der Waals surface area contributed by atoms with Crippen LogP contribution in [0.25, 0.3) is 17.1 Å². The first-order valence-electron chi connectivity index (χ1n) is 8.74. The number of anilines is 1. The topological polar surface area (TPSA) is 146 Å². The van der Waals surface area contributed by atoms with E-state index in [0.717, 1.165) is 16.0 Å². The summed E-state index contributed by atoms with van der Waals surface area (Å²) < 4.78 is 10.9. The van der Waals surface area contributed by atoms with E-state index in [1.54, 1.807) is 43.5 Å². The molecule has 0 radical (unpaired) electrons. The van der Waals surface area contributed by atoms with Crippen molar-refractivity contribution in [1.29, 1.82) is 0 Å². The van der Waals surface area contributed by atoms with Crippen LogP contribution in [0.3, 0.4) is 0 Å². The standard InChI is InChI=1S/C19H16N8O3/c1-29-14-9-7-12(8-10-14)11-21-23-19(28)16-15(13-5-3-2-4-6-13)22-26-27(16)18-17(20)24-30-25-18/h2-11H,1H3,(H2,20,24)(H,23,28)/b21-11+. The van der Waals surface area contributed by atoms with E-state index < -0.39 is 5.91 Å². The molecule has 0 fully saturated rings. The number of amides is 1. The number of nitrogens with zero attached hydrogens (tertiary/aromatic N) is 6. The van der Waals surface area contributed by atoms with Crippen molar-refractivity contribution in [1.82, 2.24) is 30.7 Å². The predicted molar refractivity (Wildman–Crippen MR) is 107 cm³/mol. The number of nitrogen functional groups attached to an aromatic ring is 1. The van der Waals surface area contributed by atoms with Crippen LogP contribution in [0.4, 0.5) is 5.82 Å². The van der Waals surface area contributed by atoms with Crippen LogP contribution >= 0.6 is 0 Å². The Kier molecular flexibility index (Phi) is 5.16. The van der Waals surface area contributed by atoms with Crippen molar-refractivity contribution in [3.63, 3.8) is 0 Å². The van der Waals surface area contributed by atoms with Gasteiger partial charge in [-0.2, -0.15) is 9.78 Å². The first-order chi connectivity index (χ1) is 14.7. The summed E-state index contributed by atoms with van der Waals surface area (Å²) in [5.41, 5.74) is 10.1. The molecule has 0 saturated heterocycles. The first kappa shape index (κ1) is 18.8. The lowest BCUT2D eigenvalue weighted by atomic mass is 10.1. The van der Waals surface area contributed by atoms with Gasteiger partial charge in [0.15, 0.2) is 5.69 Å². The van der Waals surface area contributed by atoms with Gasteiger partial charge in [-0.25, -0.2) is 10.1 Å². The van der Waals surface area contributed by atoms with Gasteiger partial charge >= 0.3 is 0 Å². The lowest BCUT2D eigenvalue weighted by Crippen LogP contribution is -2.22. The first-order valence-corrected chi connectivity index (χ1v) is 8.74. The minimum absolute atomic E-state index is 0.0321. The number of hydrogen-bond donors (Lipinski definition) is 2. The van der Waals surface area contributed by atoms with Crippen molar-refractivity contribution >= 4 is 17.9 Å². The van der Waals surface area contributed by atoms with Crippen LogP contribution in [0.5, 0.6) is 5.75 Å². The summed E-state index contributed by atoms with van der Waals surface area (Å²) >= 11 is 0. The molecule has 150 valence electrons. The van der Waals surface area contributed by atoms with Gasteiger partial charge in [-0.3, -0.25) is 4.79 Å². The molecular weight excluding hydrogens is 388 g/mol. The number of benzene rings is 2. The summed E-state index contributed by atoms with van der Waals surface area (Å²) in [5.74, 6) is 0.174. The average molecular weight is 404 g/mol. The second-order valence-corrected chi connectivity index (χ2v) is 6.01. The normalized spacial score (nSPS) is 11.0. The Labute approximate surface area is 170 Å². The number of nitrogens with two attached hydrogens (primary N) is 1. The van der Waals surface area contributed by atoms with Crippen molar-refractivity contribution in [2.24, 2.45) is 5.10 Å². The number of hydrazone groups is 1. The Morgan fingerprint density at radius 3 is 2.60 bits per heavy atom. The van der Waals surface area contributed by atoms with E-state index in [2.05, 4.69) is 35.8 Å². The molecule has 30 heavy (non-hydrogen) atoms. The highest BCUT2D eigenvalue weighted by atomic mass is 16.6. The van der Waals surface area contributed by atoms with E-state index in [1.807, 2.05) is 18.2 Å². The smallest absolute Gasteiger partial charge is 0.292 e. The van der Waals surface area contributed by atoms with Crippen LogP contribution in [-0.4, -0.2) is 44.5 Å². The maximum absolute atomic E-state index is 13.0. The molecule has 4 rings (SSSR count). The molecule has 2 heterocycles. The van der Waals surface area contributed by atoms with Crippen LogP contribution < -0.4 is 15.9 Å². The highest BCUT2D eigenvalue weighted by Crippen LogP contribution is 2.24. The summed E-state index contributed by atoms with van der Waals surface area (Å²) in [4.78, 5) is 13.0. The second kappa shape index (κ2) is 8.22. The van der Waals surface area contributed by atoms with Crippen molar-refractivity contribution in [3.05, 3.63) is 65.9 Å². The number of aromatic nitrogens is 5. The number of carbonyl (C=O) groups excluding carboxylic acids is 1.